The Morgan fingerprint density at radius 3 is 1.25 bits per heavy atom. The van der Waals surface area contributed by atoms with Crippen LogP contribution in [-0.4, -0.2) is 24.4 Å². The summed E-state index contributed by atoms with van der Waals surface area (Å²) in [6.45, 7) is 6.67. The Balaban J connectivity index is -0.000000845. The summed E-state index contributed by atoms with van der Waals surface area (Å²) in [5, 5.41) is 6.01. The fourth-order valence-corrected chi connectivity index (χ4v) is 0.532. The third-order valence-electron chi connectivity index (χ3n) is 0.886. The lowest BCUT2D eigenvalue weighted by Crippen LogP contribution is -2.09. The minimum atomic E-state index is -0.902. The monoisotopic (exact) mass is 274 g/mol. The molecule has 0 aromatic carbocycles. The Morgan fingerprint density at radius 2 is 1.06 bits per heavy atom. The summed E-state index contributed by atoms with van der Waals surface area (Å²) >= 11 is 0. The van der Waals surface area contributed by atoms with E-state index in [0.717, 1.165) is 0 Å². The molecule has 16 heavy (non-hydrogen) atoms. The SMILES string of the molecule is CC(C)OC(=O)N=NC(=O)OC(C)C.Cl.Cl. The summed E-state index contributed by atoms with van der Waals surface area (Å²) in [6, 6.07) is 0. The van der Waals surface area contributed by atoms with Gasteiger partial charge in [-0.1, -0.05) is 10.2 Å². The van der Waals surface area contributed by atoms with Crippen molar-refractivity contribution in [2.75, 3.05) is 0 Å². The number of nitrogens with zero attached hydrogens (tertiary/aromatic N) is 2. The molecule has 0 spiro atoms. The van der Waals surface area contributed by atoms with Gasteiger partial charge in [-0.05, 0) is 27.7 Å². The fraction of sp³-hybridized carbons (Fsp3) is 0.750. The van der Waals surface area contributed by atoms with Gasteiger partial charge in [0, 0.05) is 0 Å². The second kappa shape index (κ2) is 10.6. The predicted molar refractivity (Wildman–Crippen MR) is 62.6 cm³/mol. The van der Waals surface area contributed by atoms with E-state index in [1.54, 1.807) is 27.7 Å². The molecule has 0 bridgehead atoms. The van der Waals surface area contributed by atoms with Crippen LogP contribution in [0.4, 0.5) is 9.59 Å². The van der Waals surface area contributed by atoms with Gasteiger partial charge in [-0.15, -0.1) is 24.8 Å². The van der Waals surface area contributed by atoms with Crippen LogP contribution < -0.4 is 0 Å². The van der Waals surface area contributed by atoms with Crippen LogP contribution in [0.2, 0.25) is 0 Å². The van der Waals surface area contributed by atoms with Gasteiger partial charge in [0.15, 0.2) is 0 Å². The zero-order valence-electron chi connectivity index (χ0n) is 9.50. The Kier molecular flexibility index (Phi) is 13.6. The van der Waals surface area contributed by atoms with E-state index in [-0.39, 0.29) is 37.0 Å². The highest BCUT2D eigenvalue weighted by Crippen LogP contribution is 1.96. The van der Waals surface area contributed by atoms with Crippen molar-refractivity contribution in [2.24, 2.45) is 10.2 Å². The highest BCUT2D eigenvalue weighted by Gasteiger charge is 2.06. The van der Waals surface area contributed by atoms with E-state index in [1.165, 1.54) is 0 Å². The smallest absolute Gasteiger partial charge is 0.444 e. The van der Waals surface area contributed by atoms with Gasteiger partial charge in [-0.3, -0.25) is 0 Å². The number of halogens is 2. The maximum absolute atomic E-state index is 10.8. The molecule has 0 fully saturated rings. The summed E-state index contributed by atoms with van der Waals surface area (Å²) in [4.78, 5) is 21.5. The first-order valence-electron chi connectivity index (χ1n) is 4.24. The number of hydrogen-bond donors (Lipinski definition) is 0. The number of azo groups is 1. The highest BCUT2D eigenvalue weighted by molar-refractivity contribution is 5.85. The van der Waals surface area contributed by atoms with Gasteiger partial charge in [-0.2, -0.15) is 0 Å². The molecule has 0 aliphatic heterocycles. The quantitative estimate of drug-likeness (QED) is 0.724. The minimum absolute atomic E-state index is 0. The Morgan fingerprint density at radius 1 is 0.812 bits per heavy atom. The average molecular weight is 275 g/mol. The lowest BCUT2D eigenvalue weighted by Gasteiger charge is -2.03. The zero-order chi connectivity index (χ0) is 11.1. The zero-order valence-corrected chi connectivity index (χ0v) is 11.1. The minimum Gasteiger partial charge on any atom is -0.444 e. The molecular formula is C8H16Cl2N2O4. The molecule has 0 N–H and O–H groups in total. The molecule has 0 atom stereocenters. The van der Waals surface area contributed by atoms with E-state index in [4.69, 9.17) is 0 Å². The van der Waals surface area contributed by atoms with Crippen molar-refractivity contribution in [3.63, 3.8) is 0 Å². The van der Waals surface area contributed by atoms with Gasteiger partial charge < -0.3 is 9.47 Å². The molecule has 0 rings (SSSR count). The first-order valence-corrected chi connectivity index (χ1v) is 4.24. The van der Waals surface area contributed by atoms with Crippen molar-refractivity contribution in [1.82, 2.24) is 0 Å². The molecule has 0 saturated carbocycles. The molecule has 6 nitrogen and oxygen atoms in total. The van der Waals surface area contributed by atoms with Crippen molar-refractivity contribution >= 4 is 37.0 Å². The van der Waals surface area contributed by atoms with Crippen molar-refractivity contribution in [2.45, 2.75) is 39.9 Å². The van der Waals surface area contributed by atoms with Crippen molar-refractivity contribution < 1.29 is 19.1 Å². The summed E-state index contributed by atoms with van der Waals surface area (Å²) in [6.07, 6.45) is -2.38. The Bertz CT molecular complexity index is 220. The van der Waals surface area contributed by atoms with E-state index in [9.17, 15) is 9.59 Å². The lowest BCUT2D eigenvalue weighted by molar-refractivity contribution is 0.115. The van der Waals surface area contributed by atoms with Crippen molar-refractivity contribution in [3.05, 3.63) is 0 Å². The van der Waals surface area contributed by atoms with E-state index < -0.39 is 12.2 Å². The van der Waals surface area contributed by atoms with Crippen LogP contribution in [0.25, 0.3) is 0 Å². The van der Waals surface area contributed by atoms with E-state index in [0.29, 0.717) is 0 Å². The lowest BCUT2D eigenvalue weighted by atomic mass is 10.5. The summed E-state index contributed by atoms with van der Waals surface area (Å²) in [5.41, 5.74) is 0. The van der Waals surface area contributed by atoms with Gasteiger partial charge in [0.05, 0.1) is 12.2 Å². The van der Waals surface area contributed by atoms with E-state index >= 15 is 0 Å². The van der Waals surface area contributed by atoms with Gasteiger partial charge in [-0.25, -0.2) is 9.59 Å². The van der Waals surface area contributed by atoms with Crippen LogP contribution in [0.15, 0.2) is 10.2 Å². The number of carbonyl (C=O) groups excluding carboxylic acids is 2. The van der Waals surface area contributed by atoms with Gasteiger partial charge in [0.2, 0.25) is 0 Å². The van der Waals surface area contributed by atoms with Crippen molar-refractivity contribution in [1.29, 1.82) is 0 Å². The molecule has 0 aliphatic carbocycles. The van der Waals surface area contributed by atoms with Gasteiger partial charge in [0.1, 0.15) is 0 Å². The molecule has 0 aromatic rings. The van der Waals surface area contributed by atoms with Gasteiger partial charge in [0.25, 0.3) is 0 Å². The predicted octanol–water partition coefficient (Wildman–Crippen LogP) is 3.37. The first kappa shape index (κ1) is 20.5. The topological polar surface area (TPSA) is 77.3 Å². The highest BCUT2D eigenvalue weighted by atomic mass is 35.5. The normalized spacial score (nSPS) is 9.62. The molecule has 0 heterocycles. The molecule has 0 aromatic heterocycles. The molecule has 2 amide bonds. The van der Waals surface area contributed by atoms with Crippen molar-refractivity contribution in [3.8, 4) is 0 Å². The van der Waals surface area contributed by atoms with E-state index in [2.05, 4.69) is 19.7 Å². The Hall–Kier alpha value is -0.880. The molecule has 0 radical (unpaired) electrons. The number of ether oxygens (including phenoxy) is 2. The maximum atomic E-state index is 10.8. The number of carbonyl (C=O) groups is 2. The average Bonchev–Trinajstić information content (AvgIpc) is 1.98. The van der Waals surface area contributed by atoms with Crippen LogP contribution in [0, 0.1) is 0 Å². The third kappa shape index (κ3) is 13.1. The molecular weight excluding hydrogens is 259 g/mol. The number of amides is 2. The van der Waals surface area contributed by atoms with Crippen LogP contribution in [0.1, 0.15) is 27.7 Å². The number of hydrogen-bond acceptors (Lipinski definition) is 4. The first-order chi connectivity index (χ1) is 6.41. The van der Waals surface area contributed by atoms with E-state index in [1.807, 2.05) is 0 Å². The fourth-order valence-electron chi connectivity index (χ4n) is 0.532. The van der Waals surface area contributed by atoms with Crippen LogP contribution in [0.5, 0.6) is 0 Å². The molecule has 0 unspecified atom stereocenters. The van der Waals surface area contributed by atoms with Crippen LogP contribution in [-0.2, 0) is 9.47 Å². The second-order valence-electron chi connectivity index (χ2n) is 3.07. The van der Waals surface area contributed by atoms with Crippen LogP contribution in [0.3, 0.4) is 0 Å². The Labute approximate surface area is 107 Å². The van der Waals surface area contributed by atoms with Crippen LogP contribution >= 0.6 is 24.8 Å². The summed E-state index contributed by atoms with van der Waals surface area (Å²) < 4.78 is 9.20. The molecule has 96 valence electrons. The molecule has 0 aliphatic rings. The standard InChI is InChI=1S/C8H14N2O4.2ClH/c1-5(2)13-7(11)9-10-8(12)14-6(3)4;;/h5-6H,1-4H3;2*1H. The van der Waals surface area contributed by atoms with Gasteiger partial charge >= 0.3 is 12.2 Å². The maximum Gasteiger partial charge on any atom is 0.452 e. The molecule has 8 heteroatoms. The summed E-state index contributed by atoms with van der Waals surface area (Å²) in [7, 11) is 0. The third-order valence-corrected chi connectivity index (χ3v) is 0.886. The number of rotatable bonds is 2. The largest absolute Gasteiger partial charge is 0.452 e. The second-order valence-corrected chi connectivity index (χ2v) is 3.07. The summed E-state index contributed by atoms with van der Waals surface area (Å²) in [5.74, 6) is 0. The molecule has 0 saturated heterocycles.